The molecule has 178 valence electrons. The van der Waals surface area contributed by atoms with Gasteiger partial charge in [0.15, 0.2) is 0 Å². The van der Waals surface area contributed by atoms with Crippen LogP contribution in [0, 0.1) is 10.1 Å². The number of thioether (sulfide) groups is 1. The van der Waals surface area contributed by atoms with Crippen molar-refractivity contribution in [1.29, 1.82) is 0 Å². The maximum atomic E-state index is 12.8. The Labute approximate surface area is 194 Å². The minimum atomic E-state index is -4.75. The van der Waals surface area contributed by atoms with Crippen molar-refractivity contribution < 1.29 is 42.0 Å². The molecule has 0 bridgehead atoms. The van der Waals surface area contributed by atoms with Crippen molar-refractivity contribution in [2.24, 2.45) is 0 Å². The number of nitro benzene ring substituents is 1. The van der Waals surface area contributed by atoms with Crippen LogP contribution in [0.3, 0.4) is 0 Å². The van der Waals surface area contributed by atoms with Crippen LogP contribution < -0.4 is 4.74 Å². The van der Waals surface area contributed by atoms with E-state index in [1.807, 2.05) is 0 Å². The van der Waals surface area contributed by atoms with Crippen molar-refractivity contribution >= 4 is 40.6 Å². The van der Waals surface area contributed by atoms with Gasteiger partial charge in [-0.1, -0.05) is 12.1 Å². The highest BCUT2D eigenvalue weighted by Crippen LogP contribution is 2.38. The summed E-state index contributed by atoms with van der Waals surface area (Å²) in [5.41, 5.74) is -1.57. The van der Waals surface area contributed by atoms with E-state index in [2.05, 4.69) is 0 Å². The summed E-state index contributed by atoms with van der Waals surface area (Å²) < 4.78 is 48.6. The normalized spacial score (nSPS) is 15.1. The van der Waals surface area contributed by atoms with E-state index in [9.17, 15) is 37.7 Å². The number of hydrogen-bond acceptors (Lipinski definition) is 8. The molecule has 0 unspecified atom stereocenters. The number of esters is 1. The van der Waals surface area contributed by atoms with E-state index in [0.717, 1.165) is 11.0 Å². The molecule has 1 fully saturated rings. The quantitative estimate of drug-likeness (QED) is 0.227. The lowest BCUT2D eigenvalue weighted by Gasteiger charge is -2.11. The fraction of sp³-hybridized carbons (Fsp3) is 0.190. The second-order valence-electron chi connectivity index (χ2n) is 6.68. The molecule has 0 N–H and O–H groups in total. The van der Waals surface area contributed by atoms with Crippen molar-refractivity contribution in [3.63, 3.8) is 0 Å². The molecule has 34 heavy (non-hydrogen) atoms. The molecule has 13 heteroatoms. The molecule has 3 rings (SSSR count). The van der Waals surface area contributed by atoms with Gasteiger partial charge in [-0.15, -0.1) is 0 Å². The Balaban J connectivity index is 1.76. The van der Waals surface area contributed by atoms with Gasteiger partial charge >= 0.3 is 17.8 Å². The van der Waals surface area contributed by atoms with Gasteiger partial charge in [0.1, 0.15) is 12.3 Å². The first kappa shape index (κ1) is 24.8. The van der Waals surface area contributed by atoms with E-state index in [4.69, 9.17) is 9.47 Å². The predicted octanol–water partition coefficient (Wildman–Crippen LogP) is 5.01. The van der Waals surface area contributed by atoms with Crippen molar-refractivity contribution in [2.45, 2.75) is 13.1 Å². The van der Waals surface area contributed by atoms with Gasteiger partial charge in [0.25, 0.3) is 11.1 Å². The Kier molecular flexibility index (Phi) is 7.25. The zero-order chi connectivity index (χ0) is 25.0. The molecule has 2 aromatic carbocycles. The molecule has 0 atom stereocenters. The summed E-state index contributed by atoms with van der Waals surface area (Å²) in [7, 11) is 0. The lowest BCUT2D eigenvalue weighted by atomic mass is 10.1. The zero-order valence-electron chi connectivity index (χ0n) is 17.3. The number of nitrogens with zero attached hydrogens (tertiary/aromatic N) is 2. The summed E-state index contributed by atoms with van der Waals surface area (Å²) in [5, 5.41) is 10.6. The average Bonchev–Trinajstić information content (AvgIpc) is 3.02. The third kappa shape index (κ3) is 5.73. The minimum Gasteiger partial charge on any atom is -0.465 e. The van der Waals surface area contributed by atoms with Gasteiger partial charge in [0.2, 0.25) is 5.75 Å². The number of alkyl halides is 3. The molecule has 0 spiro atoms. The van der Waals surface area contributed by atoms with Crippen LogP contribution in [0.25, 0.3) is 6.08 Å². The number of ether oxygens (including phenoxy) is 2. The maximum absolute atomic E-state index is 12.8. The van der Waals surface area contributed by atoms with Gasteiger partial charge in [-0.3, -0.25) is 29.4 Å². The molecule has 1 aliphatic rings. The topological polar surface area (TPSA) is 116 Å². The summed E-state index contributed by atoms with van der Waals surface area (Å²) in [6.45, 7) is 1.19. The van der Waals surface area contributed by atoms with E-state index >= 15 is 0 Å². The Bertz CT molecular complexity index is 1180. The summed E-state index contributed by atoms with van der Waals surface area (Å²) in [6, 6.07) is 7.63. The monoisotopic (exact) mass is 496 g/mol. The molecule has 2 amide bonds. The third-order valence-electron chi connectivity index (χ3n) is 4.35. The van der Waals surface area contributed by atoms with Gasteiger partial charge in [0.05, 0.1) is 22.0 Å². The van der Waals surface area contributed by atoms with Gasteiger partial charge in [-0.05, 0) is 54.6 Å². The number of hydrogen-bond donors (Lipinski definition) is 0. The molecular weight excluding hydrogens is 481 g/mol. The first-order valence-electron chi connectivity index (χ1n) is 9.54. The first-order valence-corrected chi connectivity index (χ1v) is 10.4. The van der Waals surface area contributed by atoms with Crippen LogP contribution in [-0.4, -0.2) is 40.1 Å². The molecule has 9 nitrogen and oxygen atoms in total. The van der Waals surface area contributed by atoms with Crippen molar-refractivity contribution in [2.75, 3.05) is 13.2 Å². The van der Waals surface area contributed by atoms with Crippen molar-refractivity contribution in [1.82, 2.24) is 4.90 Å². The second kappa shape index (κ2) is 9.95. The fourth-order valence-corrected chi connectivity index (χ4v) is 3.64. The molecule has 0 aliphatic carbocycles. The van der Waals surface area contributed by atoms with E-state index < -0.39 is 46.0 Å². The van der Waals surface area contributed by atoms with E-state index in [1.54, 1.807) is 6.92 Å². The molecule has 2 aromatic rings. The molecule has 0 radical (unpaired) electrons. The minimum absolute atomic E-state index is 0.0707. The Hall–Kier alpha value is -3.87. The van der Waals surface area contributed by atoms with E-state index in [-0.39, 0.29) is 23.0 Å². The van der Waals surface area contributed by atoms with Gasteiger partial charge < -0.3 is 9.47 Å². The second-order valence-corrected chi connectivity index (χ2v) is 7.67. The highest BCUT2D eigenvalue weighted by Gasteiger charge is 2.36. The number of carbonyl (C=O) groups excluding carboxylic acids is 3. The Morgan fingerprint density at radius 3 is 2.44 bits per heavy atom. The smallest absolute Gasteiger partial charge is 0.416 e. The molecule has 1 saturated heterocycles. The number of halogens is 3. The van der Waals surface area contributed by atoms with Crippen LogP contribution in [0.2, 0.25) is 0 Å². The highest BCUT2D eigenvalue weighted by atomic mass is 32.2. The van der Waals surface area contributed by atoms with Gasteiger partial charge in [-0.25, -0.2) is 0 Å². The Morgan fingerprint density at radius 2 is 1.85 bits per heavy atom. The fourth-order valence-electron chi connectivity index (χ4n) is 2.81. The third-order valence-corrected chi connectivity index (χ3v) is 5.26. The average molecular weight is 496 g/mol. The zero-order valence-corrected chi connectivity index (χ0v) is 18.1. The van der Waals surface area contributed by atoms with E-state index in [1.165, 1.54) is 30.3 Å². The van der Waals surface area contributed by atoms with Gasteiger partial charge in [-0.2, -0.15) is 13.2 Å². The first-order chi connectivity index (χ1) is 16.0. The number of carbonyl (C=O) groups is 3. The summed E-state index contributed by atoms with van der Waals surface area (Å²) in [6.07, 6.45) is -3.35. The maximum Gasteiger partial charge on any atom is 0.416 e. The summed E-state index contributed by atoms with van der Waals surface area (Å²) in [4.78, 5) is 47.0. The summed E-state index contributed by atoms with van der Waals surface area (Å²) in [5.74, 6) is -1.67. The van der Waals surface area contributed by atoms with Crippen molar-refractivity contribution in [3.8, 4) is 11.5 Å². The van der Waals surface area contributed by atoms with Crippen LogP contribution in [0.5, 0.6) is 11.5 Å². The lowest BCUT2D eigenvalue weighted by molar-refractivity contribution is -0.385. The standard InChI is InChI=1S/C21H15F3N2O7S/c1-2-32-18(27)11-25-19(28)17(34-20(25)29)9-12-3-6-14(7-4-12)33-16-8-5-13(21(22,23)24)10-15(16)26(30)31/h3-10H,2,11H2,1H3. The SMILES string of the molecule is CCOC(=O)CN1C(=O)SC(=Cc2ccc(Oc3ccc(C(F)(F)F)cc3[N+](=O)[O-])cc2)C1=O. The molecule has 1 heterocycles. The van der Waals surface area contributed by atoms with Crippen LogP contribution in [0.1, 0.15) is 18.1 Å². The number of nitro groups is 1. The molecule has 1 aliphatic heterocycles. The predicted molar refractivity (Wildman–Crippen MR) is 114 cm³/mol. The molecular formula is C21H15F3N2O7S. The number of rotatable bonds is 7. The number of imide groups is 1. The van der Waals surface area contributed by atoms with E-state index in [0.29, 0.717) is 29.5 Å². The molecule has 0 saturated carbocycles. The van der Waals surface area contributed by atoms with Crippen LogP contribution in [0.15, 0.2) is 47.4 Å². The number of benzene rings is 2. The van der Waals surface area contributed by atoms with Gasteiger partial charge in [0, 0.05) is 6.07 Å². The lowest BCUT2D eigenvalue weighted by Crippen LogP contribution is -2.34. The Morgan fingerprint density at radius 1 is 1.18 bits per heavy atom. The number of amides is 2. The van der Waals surface area contributed by atoms with Crippen LogP contribution in [-0.2, 0) is 20.5 Å². The van der Waals surface area contributed by atoms with Crippen LogP contribution in [0.4, 0.5) is 23.7 Å². The highest BCUT2D eigenvalue weighted by molar-refractivity contribution is 8.18. The summed E-state index contributed by atoms with van der Waals surface area (Å²) >= 11 is 0.645. The molecule has 0 aromatic heterocycles. The largest absolute Gasteiger partial charge is 0.465 e. The van der Waals surface area contributed by atoms with Crippen molar-refractivity contribution in [3.05, 3.63) is 68.6 Å². The van der Waals surface area contributed by atoms with Crippen LogP contribution >= 0.6 is 11.8 Å².